The summed E-state index contributed by atoms with van der Waals surface area (Å²) in [6, 6.07) is 3.52. The number of amides is 1. The molecule has 0 aliphatic heterocycles. The summed E-state index contributed by atoms with van der Waals surface area (Å²) < 4.78 is 3.46. The summed E-state index contributed by atoms with van der Waals surface area (Å²) in [6.07, 6.45) is 4.38. The van der Waals surface area contributed by atoms with Crippen LogP contribution in [0.15, 0.2) is 24.5 Å². The molecular formula is C15H18N6O. The van der Waals surface area contributed by atoms with Crippen molar-refractivity contribution in [2.75, 3.05) is 5.32 Å². The van der Waals surface area contributed by atoms with E-state index in [0.29, 0.717) is 24.3 Å². The number of nitrogens with one attached hydrogen (secondary N) is 1. The summed E-state index contributed by atoms with van der Waals surface area (Å²) in [5.74, 6) is 0.574. The summed E-state index contributed by atoms with van der Waals surface area (Å²) in [4.78, 5) is 16.3. The van der Waals surface area contributed by atoms with Gasteiger partial charge in [0.25, 0.3) is 0 Å². The van der Waals surface area contributed by atoms with E-state index >= 15 is 0 Å². The predicted molar refractivity (Wildman–Crippen MR) is 82.6 cm³/mol. The molecule has 3 rings (SSSR count). The molecule has 3 aromatic heterocycles. The van der Waals surface area contributed by atoms with Gasteiger partial charge in [-0.05, 0) is 31.9 Å². The first-order chi connectivity index (χ1) is 10.6. The summed E-state index contributed by atoms with van der Waals surface area (Å²) in [5, 5.41) is 11.4. The zero-order chi connectivity index (χ0) is 15.7. The van der Waals surface area contributed by atoms with Crippen LogP contribution in [0.3, 0.4) is 0 Å². The minimum absolute atomic E-state index is 0.0503. The van der Waals surface area contributed by atoms with Crippen LogP contribution >= 0.6 is 0 Å². The SMILES string of the molecule is Cc1nn(C)c(C)c1CCC(=O)Nc1ccnc2ccnn12. The molecule has 0 aliphatic rings. The molecular weight excluding hydrogens is 280 g/mol. The number of anilines is 1. The molecule has 0 saturated heterocycles. The highest BCUT2D eigenvalue weighted by Gasteiger charge is 2.12. The van der Waals surface area contributed by atoms with Gasteiger partial charge in [0.15, 0.2) is 5.65 Å². The Morgan fingerprint density at radius 2 is 2.09 bits per heavy atom. The van der Waals surface area contributed by atoms with Gasteiger partial charge < -0.3 is 5.32 Å². The van der Waals surface area contributed by atoms with E-state index < -0.39 is 0 Å². The highest BCUT2D eigenvalue weighted by atomic mass is 16.1. The largest absolute Gasteiger partial charge is 0.311 e. The first kappa shape index (κ1) is 14.2. The monoisotopic (exact) mass is 298 g/mol. The fourth-order valence-corrected chi connectivity index (χ4v) is 2.55. The maximum atomic E-state index is 12.2. The van der Waals surface area contributed by atoms with Crippen molar-refractivity contribution in [1.82, 2.24) is 24.4 Å². The molecule has 0 aromatic carbocycles. The Bertz CT molecular complexity index is 832. The van der Waals surface area contributed by atoms with E-state index in [4.69, 9.17) is 0 Å². The Hall–Kier alpha value is -2.70. The van der Waals surface area contributed by atoms with Crippen molar-refractivity contribution < 1.29 is 4.79 Å². The Balaban J connectivity index is 1.69. The molecule has 0 saturated carbocycles. The number of aromatic nitrogens is 5. The normalized spacial score (nSPS) is 11.0. The van der Waals surface area contributed by atoms with Gasteiger partial charge in [0.05, 0.1) is 11.9 Å². The van der Waals surface area contributed by atoms with Crippen LogP contribution in [-0.2, 0) is 18.3 Å². The van der Waals surface area contributed by atoms with Gasteiger partial charge in [-0.15, -0.1) is 0 Å². The highest BCUT2D eigenvalue weighted by molar-refractivity contribution is 5.90. The van der Waals surface area contributed by atoms with Gasteiger partial charge in [-0.3, -0.25) is 9.48 Å². The average Bonchev–Trinajstić information content (AvgIpc) is 3.04. The first-order valence-electron chi connectivity index (χ1n) is 7.14. The summed E-state index contributed by atoms with van der Waals surface area (Å²) in [6.45, 7) is 3.99. The fourth-order valence-electron chi connectivity index (χ4n) is 2.55. The van der Waals surface area contributed by atoms with Crippen LogP contribution in [-0.4, -0.2) is 30.3 Å². The van der Waals surface area contributed by atoms with Gasteiger partial charge in [0, 0.05) is 31.4 Å². The van der Waals surface area contributed by atoms with Gasteiger partial charge in [-0.2, -0.15) is 14.7 Å². The number of nitrogens with zero attached hydrogens (tertiary/aromatic N) is 5. The molecule has 0 fully saturated rings. The van der Waals surface area contributed by atoms with E-state index in [1.165, 1.54) is 0 Å². The van der Waals surface area contributed by atoms with E-state index in [0.717, 1.165) is 17.0 Å². The van der Waals surface area contributed by atoms with Crippen LogP contribution in [0.25, 0.3) is 5.65 Å². The number of carbonyl (C=O) groups excluding carboxylic acids is 1. The Morgan fingerprint density at radius 3 is 2.82 bits per heavy atom. The lowest BCUT2D eigenvalue weighted by Crippen LogP contribution is -2.15. The minimum Gasteiger partial charge on any atom is -0.311 e. The van der Waals surface area contributed by atoms with Crippen LogP contribution in [0, 0.1) is 13.8 Å². The lowest BCUT2D eigenvalue weighted by molar-refractivity contribution is -0.116. The number of carbonyl (C=O) groups is 1. The number of rotatable bonds is 4. The minimum atomic E-state index is -0.0503. The quantitative estimate of drug-likeness (QED) is 0.794. The molecule has 0 spiro atoms. The van der Waals surface area contributed by atoms with Crippen molar-refractivity contribution >= 4 is 17.4 Å². The molecule has 3 heterocycles. The molecule has 0 aliphatic carbocycles. The van der Waals surface area contributed by atoms with E-state index in [9.17, 15) is 4.79 Å². The Morgan fingerprint density at radius 1 is 1.27 bits per heavy atom. The van der Waals surface area contributed by atoms with Crippen molar-refractivity contribution in [1.29, 1.82) is 0 Å². The second-order valence-electron chi connectivity index (χ2n) is 5.25. The Kier molecular flexibility index (Phi) is 3.62. The van der Waals surface area contributed by atoms with Crippen molar-refractivity contribution in [2.24, 2.45) is 7.05 Å². The van der Waals surface area contributed by atoms with E-state index in [-0.39, 0.29) is 5.91 Å². The van der Waals surface area contributed by atoms with E-state index in [1.807, 2.05) is 25.6 Å². The maximum Gasteiger partial charge on any atom is 0.225 e. The van der Waals surface area contributed by atoms with Gasteiger partial charge in [-0.25, -0.2) is 4.98 Å². The molecule has 0 bridgehead atoms. The third-order valence-electron chi connectivity index (χ3n) is 3.82. The number of aryl methyl sites for hydroxylation is 2. The highest BCUT2D eigenvalue weighted by Crippen LogP contribution is 2.15. The second-order valence-corrected chi connectivity index (χ2v) is 5.25. The molecule has 7 heteroatoms. The van der Waals surface area contributed by atoms with Crippen LogP contribution < -0.4 is 5.32 Å². The third-order valence-corrected chi connectivity index (χ3v) is 3.82. The molecule has 0 radical (unpaired) electrons. The van der Waals surface area contributed by atoms with Crippen molar-refractivity contribution in [3.8, 4) is 0 Å². The zero-order valence-electron chi connectivity index (χ0n) is 12.9. The molecule has 1 amide bonds. The van der Waals surface area contributed by atoms with Crippen molar-refractivity contribution in [2.45, 2.75) is 26.7 Å². The molecule has 0 atom stereocenters. The standard InChI is InChI=1S/C15H18N6O/c1-10-12(11(2)20(3)19-10)4-5-15(22)18-14-6-8-16-13-7-9-17-21(13)14/h6-9H,4-5H2,1-3H3,(H,18,22). The second kappa shape index (κ2) is 5.59. The summed E-state index contributed by atoms with van der Waals surface area (Å²) in [5.41, 5.74) is 3.92. The summed E-state index contributed by atoms with van der Waals surface area (Å²) >= 11 is 0. The van der Waals surface area contributed by atoms with Gasteiger partial charge in [-0.1, -0.05) is 0 Å². The van der Waals surface area contributed by atoms with Crippen LogP contribution in [0.4, 0.5) is 5.82 Å². The number of hydrogen-bond donors (Lipinski definition) is 1. The number of hydrogen-bond acceptors (Lipinski definition) is 4. The molecule has 114 valence electrons. The molecule has 22 heavy (non-hydrogen) atoms. The molecule has 7 nitrogen and oxygen atoms in total. The lowest BCUT2D eigenvalue weighted by Gasteiger charge is -2.07. The van der Waals surface area contributed by atoms with Crippen molar-refractivity contribution in [3.05, 3.63) is 41.5 Å². The maximum absolute atomic E-state index is 12.2. The summed E-state index contributed by atoms with van der Waals surface area (Å²) in [7, 11) is 1.91. The lowest BCUT2D eigenvalue weighted by atomic mass is 10.1. The fraction of sp³-hybridized carbons (Fsp3) is 0.333. The number of fused-ring (bicyclic) bond motifs is 1. The van der Waals surface area contributed by atoms with Gasteiger partial charge in [0.1, 0.15) is 5.82 Å². The third kappa shape index (κ3) is 2.57. The molecule has 1 N–H and O–H groups in total. The Labute approximate surface area is 128 Å². The average molecular weight is 298 g/mol. The van der Waals surface area contributed by atoms with Crippen LogP contribution in [0.5, 0.6) is 0 Å². The zero-order valence-corrected chi connectivity index (χ0v) is 12.9. The van der Waals surface area contributed by atoms with E-state index in [2.05, 4.69) is 20.5 Å². The van der Waals surface area contributed by atoms with E-state index in [1.54, 1.807) is 29.0 Å². The smallest absolute Gasteiger partial charge is 0.225 e. The van der Waals surface area contributed by atoms with Crippen LogP contribution in [0.1, 0.15) is 23.4 Å². The molecule has 3 aromatic rings. The molecule has 0 unspecified atom stereocenters. The van der Waals surface area contributed by atoms with Gasteiger partial charge in [0.2, 0.25) is 5.91 Å². The predicted octanol–water partition coefficient (Wildman–Crippen LogP) is 1.65. The van der Waals surface area contributed by atoms with Crippen LogP contribution in [0.2, 0.25) is 0 Å². The topological polar surface area (TPSA) is 77.1 Å². The van der Waals surface area contributed by atoms with Crippen molar-refractivity contribution in [3.63, 3.8) is 0 Å². The van der Waals surface area contributed by atoms with Gasteiger partial charge >= 0.3 is 0 Å². The first-order valence-corrected chi connectivity index (χ1v) is 7.14.